The van der Waals surface area contributed by atoms with Gasteiger partial charge in [0.15, 0.2) is 4.80 Å². The molecule has 0 aliphatic carbocycles. The molecule has 2 aromatic carbocycles. The Morgan fingerprint density at radius 2 is 1.94 bits per heavy atom. The minimum atomic E-state index is -3.60. The first-order valence-electron chi connectivity index (χ1n) is 10.2. The van der Waals surface area contributed by atoms with Gasteiger partial charge in [-0.05, 0) is 55.1 Å². The van der Waals surface area contributed by atoms with Crippen molar-refractivity contribution in [1.82, 2.24) is 8.87 Å². The minimum Gasteiger partial charge on any atom is -0.316 e. The van der Waals surface area contributed by atoms with E-state index in [1.54, 1.807) is 24.9 Å². The third kappa shape index (κ3) is 5.48. The average molecular weight is 496 g/mol. The van der Waals surface area contributed by atoms with E-state index in [4.69, 9.17) is 0 Å². The van der Waals surface area contributed by atoms with Crippen molar-refractivity contribution in [3.8, 4) is 0 Å². The monoisotopic (exact) mass is 495 g/mol. The Morgan fingerprint density at radius 3 is 2.59 bits per heavy atom. The van der Waals surface area contributed by atoms with Crippen molar-refractivity contribution in [2.24, 2.45) is 4.99 Å². The van der Waals surface area contributed by atoms with E-state index in [9.17, 15) is 17.6 Å². The van der Waals surface area contributed by atoms with Gasteiger partial charge in [0.25, 0.3) is 5.91 Å². The number of aryl methyl sites for hydroxylation is 1. The summed E-state index contributed by atoms with van der Waals surface area (Å²) in [5.74, 6) is 0.00967. The Labute approximate surface area is 195 Å². The van der Waals surface area contributed by atoms with E-state index in [-0.39, 0.29) is 10.7 Å². The van der Waals surface area contributed by atoms with Gasteiger partial charge < -0.3 is 4.57 Å². The number of nitrogens with zero attached hydrogens (tertiary/aromatic N) is 3. The van der Waals surface area contributed by atoms with Crippen molar-refractivity contribution >= 4 is 49.2 Å². The van der Waals surface area contributed by atoms with Crippen LogP contribution in [0.2, 0.25) is 0 Å². The van der Waals surface area contributed by atoms with Crippen LogP contribution >= 0.6 is 23.1 Å². The molecule has 0 saturated heterocycles. The second-order valence-electron chi connectivity index (χ2n) is 7.26. The number of thioether (sulfide) groups is 1. The van der Waals surface area contributed by atoms with Crippen LogP contribution in [0.3, 0.4) is 0 Å². The number of sulfonamides is 1. The molecule has 1 heterocycles. The third-order valence-corrected chi connectivity index (χ3v) is 8.50. The van der Waals surface area contributed by atoms with Crippen LogP contribution in [0, 0.1) is 5.82 Å². The van der Waals surface area contributed by atoms with Gasteiger partial charge in [0.1, 0.15) is 5.82 Å². The fourth-order valence-electron chi connectivity index (χ4n) is 3.13. The normalized spacial score (nSPS) is 12.7. The van der Waals surface area contributed by atoms with Crippen LogP contribution < -0.4 is 4.80 Å². The largest absolute Gasteiger partial charge is 0.316 e. The summed E-state index contributed by atoms with van der Waals surface area (Å²) in [6.45, 7) is 3.08. The van der Waals surface area contributed by atoms with E-state index in [1.165, 1.54) is 52.0 Å². The summed E-state index contributed by atoms with van der Waals surface area (Å²) in [5, 5.41) is 0. The number of hydrogen-bond donors (Lipinski definition) is 0. The number of unbranched alkanes of at least 4 members (excludes halogenated alkanes) is 1. The second-order valence-corrected chi connectivity index (χ2v) is 11.3. The number of fused-ring (bicyclic) bond motifs is 1. The van der Waals surface area contributed by atoms with Gasteiger partial charge in [0.05, 0.1) is 15.1 Å². The average Bonchev–Trinajstić information content (AvgIpc) is 3.11. The molecule has 0 N–H and O–H groups in total. The highest BCUT2D eigenvalue weighted by Gasteiger charge is 2.20. The van der Waals surface area contributed by atoms with E-state index >= 15 is 0 Å². The zero-order chi connectivity index (χ0) is 23.3. The molecule has 0 atom stereocenters. The maximum absolute atomic E-state index is 13.7. The van der Waals surface area contributed by atoms with Crippen LogP contribution in [0.15, 0.2) is 52.4 Å². The molecule has 0 spiro atoms. The van der Waals surface area contributed by atoms with Gasteiger partial charge in [0, 0.05) is 31.5 Å². The maximum Gasteiger partial charge on any atom is 0.279 e. The number of halogens is 1. The molecule has 1 amide bonds. The highest BCUT2D eigenvalue weighted by Crippen LogP contribution is 2.20. The molecule has 0 radical (unpaired) electrons. The molecule has 6 nitrogen and oxygen atoms in total. The molecule has 172 valence electrons. The van der Waals surface area contributed by atoms with E-state index in [0.29, 0.717) is 28.2 Å². The Hall–Kier alpha value is -2.01. The van der Waals surface area contributed by atoms with Crippen molar-refractivity contribution in [3.63, 3.8) is 0 Å². The molecule has 0 aliphatic heterocycles. The van der Waals surface area contributed by atoms with E-state index in [0.717, 1.165) is 24.1 Å². The lowest BCUT2D eigenvalue weighted by atomic mass is 10.2. The molecule has 0 aliphatic rings. The Bertz CT molecular complexity index is 1270. The minimum absolute atomic E-state index is 0.139. The lowest BCUT2D eigenvalue weighted by molar-refractivity contribution is 0.0997. The fourth-order valence-corrected chi connectivity index (χ4v) is 5.79. The van der Waals surface area contributed by atoms with Crippen molar-refractivity contribution in [1.29, 1.82) is 0 Å². The van der Waals surface area contributed by atoms with Gasteiger partial charge >= 0.3 is 0 Å². The zero-order valence-corrected chi connectivity index (χ0v) is 20.7. The number of carbonyl (C=O) groups excluding carboxylic acids is 1. The van der Waals surface area contributed by atoms with Gasteiger partial charge in [0.2, 0.25) is 10.0 Å². The smallest absolute Gasteiger partial charge is 0.279 e. The summed E-state index contributed by atoms with van der Waals surface area (Å²) in [6.07, 6.45) is 3.67. The molecule has 3 aromatic rings. The number of carbonyl (C=O) groups is 1. The summed E-state index contributed by atoms with van der Waals surface area (Å²) in [6, 6.07) is 10.4. The molecule has 0 unspecified atom stereocenters. The van der Waals surface area contributed by atoms with E-state index in [2.05, 4.69) is 4.99 Å². The van der Waals surface area contributed by atoms with Crippen LogP contribution in [0.1, 0.15) is 30.1 Å². The van der Waals surface area contributed by atoms with Gasteiger partial charge in [-0.2, -0.15) is 16.8 Å². The van der Waals surface area contributed by atoms with Crippen molar-refractivity contribution in [3.05, 3.63) is 58.6 Å². The number of rotatable bonds is 9. The number of amides is 1. The summed E-state index contributed by atoms with van der Waals surface area (Å²) in [5.41, 5.74) is 1.12. The molecule has 0 bridgehead atoms. The number of aromatic nitrogens is 1. The summed E-state index contributed by atoms with van der Waals surface area (Å²) in [7, 11) is -2.05. The first-order valence-corrected chi connectivity index (χ1v) is 13.9. The zero-order valence-electron chi connectivity index (χ0n) is 18.2. The van der Waals surface area contributed by atoms with Gasteiger partial charge in [-0.25, -0.2) is 17.1 Å². The van der Waals surface area contributed by atoms with Crippen LogP contribution in [-0.2, 0) is 16.6 Å². The predicted molar refractivity (Wildman–Crippen MR) is 129 cm³/mol. The van der Waals surface area contributed by atoms with Gasteiger partial charge in [-0.15, -0.1) is 0 Å². The van der Waals surface area contributed by atoms with Gasteiger partial charge in [-0.1, -0.05) is 24.7 Å². The lowest BCUT2D eigenvalue weighted by Gasteiger charge is -2.16. The first-order chi connectivity index (χ1) is 15.3. The molecule has 1 aromatic heterocycles. The standard InChI is InChI=1S/C22H26FN3O3S3/c1-4-5-12-25(2)32(28,29)18-9-6-16(7-10-18)21(27)24-22-26(13-14-30-3)19-11-8-17(23)15-20(19)31-22/h6-11,15H,4-5,12-14H2,1-3H3. The predicted octanol–water partition coefficient (Wildman–Crippen LogP) is 4.37. The van der Waals surface area contributed by atoms with Crippen LogP contribution in [0.4, 0.5) is 4.39 Å². The third-order valence-electron chi connectivity index (χ3n) is 5.00. The van der Waals surface area contributed by atoms with Crippen molar-refractivity contribution in [2.75, 3.05) is 25.6 Å². The molecule has 3 rings (SSSR count). The number of thiazole rings is 1. The maximum atomic E-state index is 13.7. The summed E-state index contributed by atoms with van der Waals surface area (Å²) < 4.78 is 42.9. The van der Waals surface area contributed by atoms with Gasteiger partial charge in [-0.3, -0.25) is 4.79 Å². The Balaban J connectivity index is 1.92. The fraction of sp³-hybridized carbons (Fsp3) is 0.364. The SMILES string of the molecule is CCCCN(C)S(=O)(=O)c1ccc(C(=O)N=c2sc3cc(F)ccc3n2CCSC)cc1. The quantitative estimate of drug-likeness (QED) is 0.442. The molecule has 10 heteroatoms. The molecule has 32 heavy (non-hydrogen) atoms. The summed E-state index contributed by atoms with van der Waals surface area (Å²) in [4.78, 5) is 17.7. The van der Waals surface area contributed by atoms with Crippen molar-refractivity contribution < 1.29 is 17.6 Å². The van der Waals surface area contributed by atoms with Crippen molar-refractivity contribution in [2.45, 2.75) is 31.2 Å². The topological polar surface area (TPSA) is 71.7 Å². The molecular formula is C22H26FN3O3S3. The Morgan fingerprint density at radius 1 is 1.22 bits per heavy atom. The molecular weight excluding hydrogens is 469 g/mol. The van der Waals surface area contributed by atoms with E-state index in [1.807, 2.05) is 17.7 Å². The van der Waals surface area contributed by atoms with Crippen LogP contribution in [0.5, 0.6) is 0 Å². The summed E-state index contributed by atoms with van der Waals surface area (Å²) >= 11 is 2.92. The Kier molecular flexibility index (Phi) is 8.26. The van der Waals surface area contributed by atoms with E-state index < -0.39 is 15.9 Å². The lowest BCUT2D eigenvalue weighted by Crippen LogP contribution is -2.27. The van der Waals surface area contributed by atoms with Crippen LogP contribution in [0.25, 0.3) is 10.2 Å². The highest BCUT2D eigenvalue weighted by molar-refractivity contribution is 7.98. The second kappa shape index (κ2) is 10.7. The molecule has 0 fully saturated rings. The number of hydrogen-bond acceptors (Lipinski definition) is 5. The highest BCUT2D eigenvalue weighted by atomic mass is 32.2. The molecule has 0 saturated carbocycles. The first kappa shape index (κ1) is 24.6. The van der Waals surface area contributed by atoms with Crippen LogP contribution in [-0.4, -0.2) is 48.8 Å². The number of benzene rings is 2.